The van der Waals surface area contributed by atoms with E-state index in [1.807, 2.05) is 12.1 Å². The summed E-state index contributed by atoms with van der Waals surface area (Å²) < 4.78 is 0. The molecule has 23 heavy (non-hydrogen) atoms. The molecule has 1 aliphatic carbocycles. The molecule has 0 atom stereocenters. The van der Waals surface area contributed by atoms with Gasteiger partial charge in [-0.1, -0.05) is 30.2 Å². The molecule has 3 rings (SSSR count). The van der Waals surface area contributed by atoms with Crippen LogP contribution in [0.2, 0.25) is 5.02 Å². The number of aromatic nitrogens is 1. The number of hydrogen-bond donors (Lipinski definition) is 2. The minimum atomic E-state index is -0.129. The summed E-state index contributed by atoms with van der Waals surface area (Å²) >= 11 is 7.38. The van der Waals surface area contributed by atoms with Gasteiger partial charge in [-0.15, -0.1) is 23.7 Å². The zero-order valence-electron chi connectivity index (χ0n) is 12.5. The molecule has 4 nitrogen and oxygen atoms in total. The molecule has 1 fully saturated rings. The van der Waals surface area contributed by atoms with Gasteiger partial charge in [0.2, 0.25) is 0 Å². The van der Waals surface area contributed by atoms with Crippen LogP contribution in [-0.2, 0) is 12.0 Å². The molecule has 0 saturated heterocycles. The molecule has 1 aliphatic rings. The average Bonchev–Trinajstić information content (AvgIpc) is 2.96. The number of hydrogen-bond acceptors (Lipinski definition) is 4. The molecule has 2 aromatic rings. The number of amides is 1. The van der Waals surface area contributed by atoms with Crippen LogP contribution in [0.25, 0.3) is 0 Å². The first-order valence-electron chi connectivity index (χ1n) is 7.32. The lowest BCUT2D eigenvalue weighted by Gasteiger charge is -2.42. The first kappa shape index (κ1) is 18.2. The number of benzene rings is 1. The van der Waals surface area contributed by atoms with Crippen molar-refractivity contribution in [3.05, 3.63) is 50.9 Å². The summed E-state index contributed by atoms with van der Waals surface area (Å²) in [4.78, 5) is 16.4. The second-order valence-electron chi connectivity index (χ2n) is 5.65. The van der Waals surface area contributed by atoms with Gasteiger partial charge in [0.05, 0.1) is 0 Å². The maximum absolute atomic E-state index is 12.2. The lowest BCUT2D eigenvalue weighted by atomic mass is 9.64. The van der Waals surface area contributed by atoms with E-state index in [1.54, 1.807) is 5.38 Å². The summed E-state index contributed by atoms with van der Waals surface area (Å²) in [5.41, 5.74) is 7.26. The van der Waals surface area contributed by atoms with Gasteiger partial charge < -0.3 is 11.1 Å². The van der Waals surface area contributed by atoms with Gasteiger partial charge in [-0.3, -0.25) is 4.79 Å². The monoisotopic (exact) mass is 371 g/mol. The van der Waals surface area contributed by atoms with Gasteiger partial charge in [0.25, 0.3) is 5.91 Å². The fraction of sp³-hybridized carbons (Fsp3) is 0.375. The van der Waals surface area contributed by atoms with Crippen molar-refractivity contribution in [2.75, 3.05) is 6.54 Å². The summed E-state index contributed by atoms with van der Waals surface area (Å²) in [6, 6.07) is 7.94. The molecule has 1 amide bonds. The molecule has 1 aromatic heterocycles. The summed E-state index contributed by atoms with van der Waals surface area (Å²) in [5.74, 6) is -0.129. The number of nitrogens with one attached hydrogen (secondary N) is 1. The van der Waals surface area contributed by atoms with Gasteiger partial charge in [-0.05, 0) is 30.5 Å². The minimum absolute atomic E-state index is 0. The van der Waals surface area contributed by atoms with E-state index >= 15 is 0 Å². The Morgan fingerprint density at radius 1 is 1.35 bits per heavy atom. The first-order chi connectivity index (χ1) is 10.6. The summed E-state index contributed by atoms with van der Waals surface area (Å²) in [7, 11) is 0. The van der Waals surface area contributed by atoms with Crippen molar-refractivity contribution in [3.63, 3.8) is 0 Å². The van der Waals surface area contributed by atoms with Crippen LogP contribution < -0.4 is 11.1 Å². The quantitative estimate of drug-likeness (QED) is 0.844. The Kier molecular flexibility index (Phi) is 6.03. The van der Waals surface area contributed by atoms with Crippen LogP contribution in [0.4, 0.5) is 0 Å². The van der Waals surface area contributed by atoms with Crippen molar-refractivity contribution >= 4 is 41.3 Å². The first-order valence-corrected chi connectivity index (χ1v) is 8.57. The topological polar surface area (TPSA) is 68.0 Å². The van der Waals surface area contributed by atoms with E-state index in [-0.39, 0.29) is 23.7 Å². The highest BCUT2D eigenvalue weighted by Crippen LogP contribution is 2.43. The van der Waals surface area contributed by atoms with Crippen molar-refractivity contribution in [2.45, 2.75) is 31.2 Å². The Morgan fingerprint density at radius 2 is 2.04 bits per heavy atom. The average molecular weight is 372 g/mol. The summed E-state index contributed by atoms with van der Waals surface area (Å²) in [6.45, 7) is 0.996. The minimum Gasteiger partial charge on any atom is -0.350 e. The summed E-state index contributed by atoms with van der Waals surface area (Å²) in [6.07, 6.45) is 3.35. The number of nitrogens with two attached hydrogens (primary N) is 1. The Hall–Kier alpha value is -1.14. The number of carbonyl (C=O) groups excluding carboxylic acids is 1. The third kappa shape index (κ3) is 3.86. The number of halogens is 2. The lowest BCUT2D eigenvalue weighted by molar-refractivity contribution is 0.0923. The van der Waals surface area contributed by atoms with E-state index in [2.05, 4.69) is 22.4 Å². The van der Waals surface area contributed by atoms with Crippen LogP contribution in [0.5, 0.6) is 0 Å². The smallest absolute Gasteiger partial charge is 0.270 e. The normalized spacial score (nSPS) is 15.4. The predicted molar refractivity (Wildman–Crippen MR) is 96.6 cm³/mol. The van der Waals surface area contributed by atoms with Gasteiger partial charge >= 0.3 is 0 Å². The van der Waals surface area contributed by atoms with E-state index < -0.39 is 0 Å². The van der Waals surface area contributed by atoms with Crippen molar-refractivity contribution in [3.8, 4) is 0 Å². The Balaban J connectivity index is 0.00000192. The van der Waals surface area contributed by atoms with Crippen molar-refractivity contribution in [2.24, 2.45) is 5.73 Å². The van der Waals surface area contributed by atoms with Crippen molar-refractivity contribution in [1.29, 1.82) is 0 Å². The highest BCUT2D eigenvalue weighted by atomic mass is 35.5. The van der Waals surface area contributed by atoms with Crippen LogP contribution in [-0.4, -0.2) is 17.4 Å². The molecule has 124 valence electrons. The van der Waals surface area contributed by atoms with Gasteiger partial charge in [0.1, 0.15) is 10.7 Å². The molecule has 0 spiro atoms. The molecule has 1 heterocycles. The Bertz CT molecular complexity index is 668. The second-order valence-corrected chi connectivity index (χ2v) is 7.03. The van der Waals surface area contributed by atoms with E-state index in [1.165, 1.54) is 23.3 Å². The molecular formula is C16H19Cl2N3OS. The summed E-state index contributed by atoms with van der Waals surface area (Å²) in [5, 5.41) is 6.30. The van der Waals surface area contributed by atoms with E-state index in [0.717, 1.165) is 22.9 Å². The Morgan fingerprint density at radius 3 is 2.57 bits per heavy atom. The largest absolute Gasteiger partial charge is 0.350 e. The van der Waals surface area contributed by atoms with E-state index in [4.69, 9.17) is 17.3 Å². The van der Waals surface area contributed by atoms with Crippen LogP contribution in [0, 0.1) is 0 Å². The Labute approximate surface area is 150 Å². The van der Waals surface area contributed by atoms with Gasteiger partial charge in [-0.25, -0.2) is 4.98 Å². The van der Waals surface area contributed by atoms with Gasteiger partial charge in [0.15, 0.2) is 0 Å². The molecule has 0 bridgehead atoms. The predicted octanol–water partition coefficient (Wildman–Crippen LogP) is 3.53. The fourth-order valence-corrected chi connectivity index (χ4v) is 3.60. The number of carbonyl (C=O) groups is 1. The second kappa shape index (κ2) is 7.62. The molecule has 3 N–H and O–H groups in total. The standard InChI is InChI=1S/C16H18ClN3OS.ClH/c17-12-4-2-11(3-5-12)16(6-1-7-16)10-19-15(21)13-9-22-14(8-18)20-13;/h2-5,9H,1,6-8,10,18H2,(H,19,21);1H. The van der Waals surface area contributed by atoms with Crippen LogP contribution >= 0.6 is 35.3 Å². The number of rotatable bonds is 5. The maximum Gasteiger partial charge on any atom is 0.270 e. The maximum atomic E-state index is 12.2. The number of thiazole rings is 1. The molecule has 1 saturated carbocycles. The molecule has 0 unspecified atom stereocenters. The van der Waals surface area contributed by atoms with Crippen molar-refractivity contribution < 1.29 is 4.79 Å². The zero-order valence-corrected chi connectivity index (χ0v) is 14.9. The zero-order chi connectivity index (χ0) is 15.6. The van der Waals surface area contributed by atoms with Gasteiger partial charge in [0, 0.05) is 28.9 Å². The lowest BCUT2D eigenvalue weighted by Crippen LogP contribution is -2.45. The van der Waals surface area contributed by atoms with Crippen LogP contribution in [0.15, 0.2) is 29.6 Å². The molecule has 0 aliphatic heterocycles. The van der Waals surface area contributed by atoms with Crippen LogP contribution in [0.1, 0.15) is 40.3 Å². The SMILES string of the molecule is Cl.NCc1nc(C(=O)NCC2(c3ccc(Cl)cc3)CCC2)cs1. The molecular weight excluding hydrogens is 353 g/mol. The van der Waals surface area contributed by atoms with Crippen molar-refractivity contribution in [1.82, 2.24) is 10.3 Å². The molecule has 1 aromatic carbocycles. The van der Waals surface area contributed by atoms with Gasteiger partial charge in [-0.2, -0.15) is 0 Å². The van der Waals surface area contributed by atoms with E-state index in [9.17, 15) is 4.79 Å². The fourth-order valence-electron chi connectivity index (χ4n) is 2.82. The van der Waals surface area contributed by atoms with E-state index in [0.29, 0.717) is 18.8 Å². The molecule has 0 radical (unpaired) electrons. The molecule has 7 heteroatoms. The number of nitrogens with zero attached hydrogens (tertiary/aromatic N) is 1. The third-order valence-electron chi connectivity index (χ3n) is 4.31. The van der Waals surface area contributed by atoms with Crippen LogP contribution in [0.3, 0.4) is 0 Å². The third-order valence-corrected chi connectivity index (χ3v) is 5.44. The highest BCUT2D eigenvalue weighted by Gasteiger charge is 2.38. The highest BCUT2D eigenvalue weighted by molar-refractivity contribution is 7.09.